The summed E-state index contributed by atoms with van der Waals surface area (Å²) < 4.78 is 5.37. The molecule has 2 aromatic carbocycles. The molecule has 1 aromatic heterocycles. The summed E-state index contributed by atoms with van der Waals surface area (Å²) in [7, 11) is 0. The van der Waals surface area contributed by atoms with Crippen LogP contribution >= 0.6 is 0 Å². The van der Waals surface area contributed by atoms with Crippen LogP contribution in [0.1, 0.15) is 67.8 Å². The second-order valence-electron chi connectivity index (χ2n) is 10.0. The molecule has 0 amide bonds. The number of Topliss-reactive ketones (excluding diaryl/α,β-unsaturated/α-hetero) is 2. The van der Waals surface area contributed by atoms with E-state index in [1.54, 1.807) is 0 Å². The predicted octanol–water partition coefficient (Wildman–Crippen LogP) is 6.25. The fourth-order valence-corrected chi connectivity index (χ4v) is 5.08. The average molecular weight is 457 g/mol. The van der Waals surface area contributed by atoms with Crippen LogP contribution in [0.15, 0.2) is 63.3 Å². The summed E-state index contributed by atoms with van der Waals surface area (Å²) in [6, 6.07) is 13.9. The smallest absolute Gasteiger partial charge is 0.168 e. The van der Waals surface area contributed by atoms with Gasteiger partial charge >= 0.3 is 0 Å². The van der Waals surface area contributed by atoms with E-state index in [0.29, 0.717) is 60.4 Å². The topological polar surface area (TPSA) is 92.8 Å². The molecule has 1 saturated carbocycles. The van der Waals surface area contributed by atoms with Crippen molar-refractivity contribution in [3.8, 4) is 0 Å². The van der Waals surface area contributed by atoms with Crippen LogP contribution in [0.3, 0.4) is 0 Å². The molecule has 6 nitrogen and oxygen atoms in total. The maximum atomic E-state index is 13.2. The molecule has 174 valence electrons. The molecule has 0 aliphatic heterocycles. The minimum absolute atomic E-state index is 0.000468. The van der Waals surface area contributed by atoms with Crippen molar-refractivity contribution in [1.82, 2.24) is 5.16 Å². The summed E-state index contributed by atoms with van der Waals surface area (Å²) in [5.41, 5.74) is 2.55. The quantitative estimate of drug-likeness (QED) is 0.370. The Labute approximate surface area is 198 Å². The minimum atomic E-state index is -0.248. The summed E-state index contributed by atoms with van der Waals surface area (Å²) in [6.07, 6.45) is 3.42. The number of hydrogen-bond donors (Lipinski definition) is 1. The maximum Gasteiger partial charge on any atom is 0.168 e. The summed E-state index contributed by atoms with van der Waals surface area (Å²) >= 11 is 0. The Morgan fingerprint density at radius 3 is 2.71 bits per heavy atom. The Morgan fingerprint density at radius 2 is 1.85 bits per heavy atom. The summed E-state index contributed by atoms with van der Waals surface area (Å²) in [5.74, 6) is 0.566. The predicted molar refractivity (Wildman–Crippen MR) is 131 cm³/mol. The number of rotatable bonds is 4. The van der Waals surface area contributed by atoms with Crippen molar-refractivity contribution in [2.75, 3.05) is 0 Å². The van der Waals surface area contributed by atoms with E-state index >= 15 is 0 Å². The molecule has 0 spiro atoms. The van der Waals surface area contributed by atoms with Gasteiger partial charge in [-0.15, -0.1) is 0 Å². The summed E-state index contributed by atoms with van der Waals surface area (Å²) in [5, 5.41) is 17.2. The number of aromatic nitrogens is 1. The number of aliphatic hydroxyl groups excluding tert-OH is 1. The van der Waals surface area contributed by atoms with Crippen LogP contribution in [-0.4, -0.2) is 27.5 Å². The molecule has 0 atom stereocenters. The first-order valence-corrected chi connectivity index (χ1v) is 11.8. The Balaban J connectivity index is 1.51. The van der Waals surface area contributed by atoms with E-state index in [-0.39, 0.29) is 29.2 Å². The standard InChI is InChI=1S/C28H28N2O4/c1-28(2)15-21(29-19-10-5-8-17-7-3-4-9-18(17)19)26(24(33)16-28)23(32)14-13-20-27-22(31)11-6-12-25(27)34-30-20/h3-5,7-10,32H,6,11-16H2,1-2H3. The van der Waals surface area contributed by atoms with Crippen molar-refractivity contribution < 1.29 is 19.2 Å². The molecule has 0 radical (unpaired) electrons. The van der Waals surface area contributed by atoms with Gasteiger partial charge in [0, 0.05) is 37.5 Å². The van der Waals surface area contributed by atoms with Crippen LogP contribution in [0.25, 0.3) is 10.8 Å². The van der Waals surface area contributed by atoms with Gasteiger partial charge < -0.3 is 9.63 Å². The van der Waals surface area contributed by atoms with Crippen LogP contribution < -0.4 is 0 Å². The molecule has 2 aliphatic rings. The zero-order chi connectivity index (χ0) is 23.9. The Morgan fingerprint density at radius 1 is 1.06 bits per heavy atom. The largest absolute Gasteiger partial charge is 0.511 e. The monoisotopic (exact) mass is 456 g/mol. The number of aliphatic imine (C=N–C) groups is 1. The number of aryl methyl sites for hydroxylation is 2. The number of nitrogens with zero attached hydrogens (tertiary/aromatic N) is 2. The van der Waals surface area contributed by atoms with E-state index < -0.39 is 0 Å². The normalized spacial score (nSPS) is 20.6. The van der Waals surface area contributed by atoms with E-state index in [0.717, 1.165) is 22.9 Å². The first kappa shape index (κ1) is 22.3. The van der Waals surface area contributed by atoms with Gasteiger partial charge in [0.05, 0.1) is 28.2 Å². The van der Waals surface area contributed by atoms with Crippen LogP contribution in [0.2, 0.25) is 0 Å². The van der Waals surface area contributed by atoms with Crippen molar-refractivity contribution in [2.45, 2.75) is 58.8 Å². The molecule has 0 bridgehead atoms. The highest BCUT2D eigenvalue weighted by atomic mass is 16.5. The highest BCUT2D eigenvalue weighted by molar-refractivity contribution is 6.25. The Kier molecular flexibility index (Phi) is 5.68. The lowest BCUT2D eigenvalue weighted by Crippen LogP contribution is -2.32. The second-order valence-corrected chi connectivity index (χ2v) is 10.0. The maximum absolute atomic E-state index is 13.2. The molecule has 1 N–H and O–H groups in total. The van der Waals surface area contributed by atoms with Gasteiger partial charge in [-0.3, -0.25) is 14.6 Å². The van der Waals surface area contributed by atoms with Crippen molar-refractivity contribution in [2.24, 2.45) is 10.4 Å². The molecule has 1 heterocycles. The number of hydrogen-bond acceptors (Lipinski definition) is 6. The molecular formula is C28H28N2O4. The van der Waals surface area contributed by atoms with Crippen LogP contribution in [0.4, 0.5) is 5.69 Å². The van der Waals surface area contributed by atoms with Gasteiger partial charge in [-0.2, -0.15) is 0 Å². The van der Waals surface area contributed by atoms with Gasteiger partial charge in [-0.05, 0) is 29.7 Å². The third kappa shape index (κ3) is 4.20. The van der Waals surface area contributed by atoms with Crippen LogP contribution in [-0.2, 0) is 17.6 Å². The third-order valence-corrected chi connectivity index (χ3v) is 6.68. The van der Waals surface area contributed by atoms with Crippen LogP contribution in [0.5, 0.6) is 0 Å². The van der Waals surface area contributed by atoms with Crippen molar-refractivity contribution in [1.29, 1.82) is 0 Å². The van der Waals surface area contributed by atoms with Crippen molar-refractivity contribution in [3.63, 3.8) is 0 Å². The molecule has 1 fully saturated rings. The molecule has 34 heavy (non-hydrogen) atoms. The zero-order valence-corrected chi connectivity index (χ0v) is 19.6. The third-order valence-electron chi connectivity index (χ3n) is 6.68. The van der Waals surface area contributed by atoms with Gasteiger partial charge in [0.25, 0.3) is 0 Å². The number of aliphatic hydroxyl groups is 1. The summed E-state index contributed by atoms with van der Waals surface area (Å²) in [6.45, 7) is 4.09. The van der Waals surface area contributed by atoms with Gasteiger partial charge in [0.1, 0.15) is 11.5 Å². The van der Waals surface area contributed by atoms with Crippen molar-refractivity contribution >= 4 is 33.7 Å². The number of benzene rings is 2. The Hall–Kier alpha value is -3.54. The number of ketones is 2. The van der Waals surface area contributed by atoms with E-state index in [1.807, 2.05) is 56.3 Å². The van der Waals surface area contributed by atoms with E-state index in [2.05, 4.69) is 5.16 Å². The van der Waals surface area contributed by atoms with E-state index in [4.69, 9.17) is 9.52 Å². The molecule has 3 aromatic rings. The average Bonchev–Trinajstić information content (AvgIpc) is 3.21. The minimum Gasteiger partial charge on any atom is -0.511 e. The molecular weight excluding hydrogens is 428 g/mol. The fraction of sp³-hybridized carbons (Fsp3) is 0.357. The molecule has 0 saturated heterocycles. The number of fused-ring (bicyclic) bond motifs is 2. The fourth-order valence-electron chi connectivity index (χ4n) is 5.08. The molecule has 5 rings (SSSR count). The van der Waals surface area contributed by atoms with Gasteiger partial charge in [0.15, 0.2) is 11.6 Å². The first-order chi connectivity index (χ1) is 16.3. The van der Waals surface area contributed by atoms with Gasteiger partial charge in [-0.1, -0.05) is 55.4 Å². The van der Waals surface area contributed by atoms with Crippen LogP contribution in [0, 0.1) is 5.41 Å². The number of carbonyl (C=O) groups is 2. The highest BCUT2D eigenvalue weighted by Gasteiger charge is 2.36. The lowest BCUT2D eigenvalue weighted by molar-refractivity contribution is -0.117. The first-order valence-electron chi connectivity index (χ1n) is 11.8. The number of carbonyl (C=O) groups excluding carboxylic acids is 2. The molecule has 2 aliphatic carbocycles. The lowest BCUT2D eigenvalue weighted by atomic mass is 9.73. The SMILES string of the molecule is CC1(C)CC(=O)C(=C(O)CCc2noc3c2C(=O)CCC3)C(=Nc2cccc3ccccc23)C1. The van der Waals surface area contributed by atoms with E-state index in [1.165, 1.54) is 0 Å². The summed E-state index contributed by atoms with van der Waals surface area (Å²) in [4.78, 5) is 30.4. The molecule has 6 heteroatoms. The molecule has 0 unspecified atom stereocenters. The number of allylic oxidation sites excluding steroid dienone is 2. The highest BCUT2D eigenvalue weighted by Crippen LogP contribution is 2.38. The second kappa shape index (κ2) is 8.67. The van der Waals surface area contributed by atoms with Gasteiger partial charge in [0.2, 0.25) is 0 Å². The van der Waals surface area contributed by atoms with Gasteiger partial charge in [-0.25, -0.2) is 0 Å². The zero-order valence-electron chi connectivity index (χ0n) is 19.6. The Bertz CT molecular complexity index is 1350. The van der Waals surface area contributed by atoms with E-state index in [9.17, 15) is 14.7 Å². The van der Waals surface area contributed by atoms with Crippen molar-refractivity contribution in [3.05, 3.63) is 70.8 Å². The lowest BCUT2D eigenvalue weighted by Gasteiger charge is -2.31.